The van der Waals surface area contributed by atoms with Crippen molar-refractivity contribution in [2.45, 2.75) is 13.8 Å². The molecule has 1 fully saturated rings. The number of thioether (sulfide) groups is 1. The van der Waals surface area contributed by atoms with E-state index in [1.807, 2.05) is 30.3 Å². The van der Waals surface area contributed by atoms with E-state index in [0.717, 1.165) is 24.3 Å². The number of hydrogen-bond donors (Lipinski definition) is 1. The second kappa shape index (κ2) is 10.8. The molecule has 0 aliphatic carbocycles. The summed E-state index contributed by atoms with van der Waals surface area (Å²) in [7, 11) is 0. The first kappa shape index (κ1) is 24.6. The molecule has 1 N–H and O–H groups in total. The van der Waals surface area contributed by atoms with Crippen molar-refractivity contribution in [2.75, 3.05) is 28.2 Å². The van der Waals surface area contributed by atoms with E-state index in [1.165, 1.54) is 40.9 Å². The Bertz CT molecular complexity index is 1290. The van der Waals surface area contributed by atoms with Gasteiger partial charge in [0.1, 0.15) is 5.82 Å². The third-order valence-corrected chi connectivity index (χ3v) is 6.88. The molecule has 5 nitrogen and oxygen atoms in total. The zero-order valence-corrected chi connectivity index (χ0v) is 21.0. The van der Waals surface area contributed by atoms with Crippen LogP contribution in [0.25, 0.3) is 6.08 Å². The summed E-state index contributed by atoms with van der Waals surface area (Å²) >= 11 is 6.72. The highest BCUT2D eigenvalue weighted by molar-refractivity contribution is 8.27. The molecule has 35 heavy (non-hydrogen) atoms. The van der Waals surface area contributed by atoms with Crippen LogP contribution in [0.1, 0.15) is 29.8 Å². The smallest absolute Gasteiger partial charge is 0.270 e. The molecule has 4 rings (SSSR count). The minimum atomic E-state index is -0.382. The number of nitrogens with zero attached hydrogens (tertiary/aromatic N) is 2. The first-order chi connectivity index (χ1) is 16.9. The number of carbonyl (C=O) groups is 2. The fraction of sp³-hybridized carbons (Fsp3) is 0.148. The summed E-state index contributed by atoms with van der Waals surface area (Å²) in [4.78, 5) is 30.1. The Labute approximate surface area is 213 Å². The third-order valence-electron chi connectivity index (χ3n) is 5.58. The molecule has 0 spiro atoms. The SMILES string of the molecule is CCN(CC)c1ccc(/C=C2/SC(=S)N(c3cccc(C(=O)Nc4ccc(F)cc4)c3)C2=O)cc1. The monoisotopic (exact) mass is 505 g/mol. The summed E-state index contributed by atoms with van der Waals surface area (Å²) in [5.41, 5.74) is 3.39. The van der Waals surface area contributed by atoms with Crippen LogP contribution in [0.15, 0.2) is 77.7 Å². The van der Waals surface area contributed by atoms with Gasteiger partial charge in [-0.25, -0.2) is 4.39 Å². The molecular formula is C27H24FN3O2S2. The standard InChI is InChI=1S/C27H24FN3O2S2/c1-3-30(4-2)22-14-8-18(9-15-22)16-24-26(33)31(27(34)35-24)23-7-5-6-19(17-23)25(32)29-21-12-10-20(28)11-13-21/h5-17H,3-4H2,1-2H3,(H,29,32)/b24-16+. The molecule has 178 valence electrons. The van der Waals surface area contributed by atoms with E-state index in [4.69, 9.17) is 12.2 Å². The maximum Gasteiger partial charge on any atom is 0.270 e. The van der Waals surface area contributed by atoms with Gasteiger partial charge in [-0.15, -0.1) is 0 Å². The minimum absolute atomic E-state index is 0.232. The lowest BCUT2D eigenvalue weighted by Gasteiger charge is -2.20. The fourth-order valence-corrected chi connectivity index (χ4v) is 5.03. The van der Waals surface area contributed by atoms with Crippen LogP contribution in [-0.2, 0) is 4.79 Å². The van der Waals surface area contributed by atoms with E-state index >= 15 is 0 Å². The Hall–Kier alpha value is -3.49. The van der Waals surface area contributed by atoms with Crippen LogP contribution >= 0.6 is 24.0 Å². The van der Waals surface area contributed by atoms with Crippen LogP contribution in [-0.4, -0.2) is 29.2 Å². The average molecular weight is 506 g/mol. The first-order valence-electron chi connectivity index (χ1n) is 11.2. The Morgan fingerprint density at radius 3 is 2.40 bits per heavy atom. The highest BCUT2D eigenvalue weighted by Gasteiger charge is 2.33. The van der Waals surface area contributed by atoms with Gasteiger partial charge in [0.2, 0.25) is 0 Å². The lowest BCUT2D eigenvalue weighted by atomic mass is 10.1. The molecule has 1 aliphatic rings. The van der Waals surface area contributed by atoms with Crippen molar-refractivity contribution in [3.05, 3.63) is 94.6 Å². The molecule has 3 aromatic carbocycles. The molecule has 0 atom stereocenters. The third kappa shape index (κ3) is 5.61. The van der Waals surface area contributed by atoms with Crippen LogP contribution in [0.4, 0.5) is 21.5 Å². The van der Waals surface area contributed by atoms with Crippen LogP contribution in [0.5, 0.6) is 0 Å². The second-order valence-electron chi connectivity index (χ2n) is 7.79. The van der Waals surface area contributed by atoms with Gasteiger partial charge < -0.3 is 10.2 Å². The summed E-state index contributed by atoms with van der Waals surface area (Å²) in [6.07, 6.45) is 1.83. The Morgan fingerprint density at radius 2 is 1.74 bits per heavy atom. The van der Waals surface area contributed by atoms with E-state index in [0.29, 0.717) is 26.2 Å². The molecule has 1 heterocycles. The number of nitrogens with one attached hydrogen (secondary N) is 1. The molecule has 8 heteroatoms. The Morgan fingerprint density at radius 1 is 1.06 bits per heavy atom. The molecule has 1 aliphatic heterocycles. The molecule has 0 radical (unpaired) electrons. The zero-order valence-electron chi connectivity index (χ0n) is 19.3. The summed E-state index contributed by atoms with van der Waals surface area (Å²) < 4.78 is 13.5. The molecule has 0 aromatic heterocycles. The van der Waals surface area contributed by atoms with Crippen molar-refractivity contribution in [2.24, 2.45) is 0 Å². The molecule has 1 saturated heterocycles. The van der Waals surface area contributed by atoms with Crippen LogP contribution in [0.3, 0.4) is 0 Å². The number of thiocarbonyl (C=S) groups is 1. The molecular weight excluding hydrogens is 481 g/mol. The fourth-order valence-electron chi connectivity index (χ4n) is 3.73. The summed E-state index contributed by atoms with van der Waals surface area (Å²) in [5.74, 6) is -0.983. The Kier molecular flexibility index (Phi) is 7.63. The minimum Gasteiger partial charge on any atom is -0.372 e. The van der Waals surface area contributed by atoms with Gasteiger partial charge in [0.15, 0.2) is 4.32 Å². The molecule has 3 aromatic rings. The van der Waals surface area contributed by atoms with Crippen molar-refractivity contribution < 1.29 is 14.0 Å². The molecule has 0 bridgehead atoms. The Balaban J connectivity index is 1.52. The van der Waals surface area contributed by atoms with E-state index in [-0.39, 0.29) is 17.6 Å². The largest absolute Gasteiger partial charge is 0.372 e. The summed E-state index contributed by atoms with van der Waals surface area (Å²) in [6, 6.07) is 20.3. The van der Waals surface area contributed by atoms with Crippen LogP contribution < -0.4 is 15.1 Å². The predicted octanol–water partition coefficient (Wildman–Crippen LogP) is 6.33. The van der Waals surface area contributed by atoms with E-state index < -0.39 is 0 Å². The first-order valence-corrected chi connectivity index (χ1v) is 12.4. The van der Waals surface area contributed by atoms with Gasteiger partial charge in [-0.2, -0.15) is 0 Å². The van der Waals surface area contributed by atoms with Gasteiger partial charge in [0, 0.05) is 30.0 Å². The van der Waals surface area contributed by atoms with E-state index in [1.54, 1.807) is 24.3 Å². The van der Waals surface area contributed by atoms with E-state index in [9.17, 15) is 14.0 Å². The normalized spacial score (nSPS) is 14.5. The number of benzene rings is 3. The van der Waals surface area contributed by atoms with Crippen molar-refractivity contribution in [1.29, 1.82) is 0 Å². The number of halogens is 1. The zero-order chi connectivity index (χ0) is 24.9. The van der Waals surface area contributed by atoms with Gasteiger partial charge in [-0.3, -0.25) is 14.5 Å². The lowest BCUT2D eigenvalue weighted by molar-refractivity contribution is -0.113. The van der Waals surface area contributed by atoms with Crippen molar-refractivity contribution in [3.8, 4) is 0 Å². The van der Waals surface area contributed by atoms with Gasteiger partial charge in [0.05, 0.1) is 10.6 Å². The average Bonchev–Trinajstić information content (AvgIpc) is 3.14. The van der Waals surface area contributed by atoms with Gasteiger partial charge >= 0.3 is 0 Å². The quantitative estimate of drug-likeness (QED) is 0.300. The van der Waals surface area contributed by atoms with Crippen molar-refractivity contribution in [1.82, 2.24) is 0 Å². The van der Waals surface area contributed by atoms with Crippen molar-refractivity contribution >= 4 is 63.3 Å². The predicted molar refractivity (Wildman–Crippen MR) is 146 cm³/mol. The lowest BCUT2D eigenvalue weighted by Crippen LogP contribution is -2.27. The second-order valence-corrected chi connectivity index (χ2v) is 9.47. The number of carbonyl (C=O) groups excluding carboxylic acids is 2. The van der Waals surface area contributed by atoms with Crippen LogP contribution in [0.2, 0.25) is 0 Å². The number of anilines is 3. The molecule has 2 amide bonds. The highest BCUT2D eigenvalue weighted by Crippen LogP contribution is 2.36. The maximum absolute atomic E-state index is 13.2. The number of amides is 2. The topological polar surface area (TPSA) is 52.6 Å². The number of rotatable bonds is 7. The summed E-state index contributed by atoms with van der Waals surface area (Å²) in [5, 5.41) is 2.73. The van der Waals surface area contributed by atoms with Gasteiger partial charge in [-0.1, -0.05) is 42.2 Å². The highest BCUT2D eigenvalue weighted by atomic mass is 32.2. The number of hydrogen-bond acceptors (Lipinski definition) is 5. The van der Waals surface area contributed by atoms with E-state index in [2.05, 4.69) is 24.1 Å². The van der Waals surface area contributed by atoms with Crippen LogP contribution in [0, 0.1) is 5.82 Å². The molecule has 0 saturated carbocycles. The van der Waals surface area contributed by atoms with Crippen molar-refractivity contribution in [3.63, 3.8) is 0 Å². The maximum atomic E-state index is 13.2. The molecule has 0 unspecified atom stereocenters. The summed E-state index contributed by atoms with van der Waals surface area (Å²) in [6.45, 7) is 6.08. The van der Waals surface area contributed by atoms with Gasteiger partial charge in [-0.05, 0) is 80.1 Å². The van der Waals surface area contributed by atoms with Gasteiger partial charge in [0.25, 0.3) is 11.8 Å².